The summed E-state index contributed by atoms with van der Waals surface area (Å²) in [4.78, 5) is 37.6. The van der Waals surface area contributed by atoms with Crippen molar-refractivity contribution < 1.29 is 28.6 Å². The summed E-state index contributed by atoms with van der Waals surface area (Å²) < 4.78 is 16.7. The fourth-order valence-corrected chi connectivity index (χ4v) is 7.16. The Labute approximate surface area is 336 Å². The van der Waals surface area contributed by atoms with E-state index < -0.39 is 6.10 Å². The van der Waals surface area contributed by atoms with Gasteiger partial charge >= 0.3 is 17.9 Å². The first-order valence-corrected chi connectivity index (χ1v) is 23.9. The lowest BCUT2D eigenvalue weighted by atomic mass is 10.0. The van der Waals surface area contributed by atoms with Crippen LogP contribution in [0.4, 0.5) is 0 Å². The molecule has 0 bridgehead atoms. The second-order valence-corrected chi connectivity index (χ2v) is 16.9. The summed E-state index contributed by atoms with van der Waals surface area (Å²) in [5, 5.41) is 0. The molecule has 0 fully saturated rings. The van der Waals surface area contributed by atoms with Gasteiger partial charge < -0.3 is 14.2 Å². The first-order valence-electron chi connectivity index (χ1n) is 23.9. The maximum absolute atomic E-state index is 12.6. The lowest BCUT2D eigenvalue weighted by molar-refractivity contribution is -0.167. The van der Waals surface area contributed by atoms with Crippen LogP contribution in [0, 0.1) is 5.92 Å². The van der Waals surface area contributed by atoms with E-state index in [0.717, 1.165) is 63.7 Å². The van der Waals surface area contributed by atoms with Crippen molar-refractivity contribution in [3.63, 3.8) is 0 Å². The van der Waals surface area contributed by atoms with Gasteiger partial charge in [0.1, 0.15) is 13.2 Å². The van der Waals surface area contributed by atoms with Gasteiger partial charge in [-0.05, 0) is 25.2 Å². The van der Waals surface area contributed by atoms with Gasteiger partial charge in [-0.1, -0.05) is 227 Å². The molecule has 320 valence electrons. The second kappa shape index (κ2) is 42.6. The summed E-state index contributed by atoms with van der Waals surface area (Å²) in [7, 11) is 0. The standard InChI is InChI=1S/C48H92O6/c1-5-7-9-11-13-14-20-24-28-31-35-39-46(49)52-42-45(54-48(51)41-37-33-26-12-10-8-6-2)43-53-47(50)40-36-32-29-25-22-19-17-15-16-18-21-23-27-30-34-38-44(3)4/h44-45H,5-43H2,1-4H3/t45-/m0/s1. The van der Waals surface area contributed by atoms with Crippen LogP contribution in [0.1, 0.15) is 265 Å². The summed E-state index contributed by atoms with van der Waals surface area (Å²) in [6.07, 6.45) is 42.4. The van der Waals surface area contributed by atoms with Gasteiger partial charge in [0, 0.05) is 19.3 Å². The highest BCUT2D eigenvalue weighted by molar-refractivity contribution is 5.71. The van der Waals surface area contributed by atoms with Crippen molar-refractivity contribution in [3.8, 4) is 0 Å². The van der Waals surface area contributed by atoms with E-state index in [4.69, 9.17) is 14.2 Å². The zero-order valence-electron chi connectivity index (χ0n) is 36.7. The van der Waals surface area contributed by atoms with E-state index in [0.29, 0.717) is 19.3 Å². The van der Waals surface area contributed by atoms with E-state index in [1.807, 2.05) is 0 Å². The maximum atomic E-state index is 12.6. The fraction of sp³-hybridized carbons (Fsp3) is 0.938. The molecule has 1 atom stereocenters. The van der Waals surface area contributed by atoms with E-state index in [1.54, 1.807) is 0 Å². The van der Waals surface area contributed by atoms with Crippen LogP contribution in [0.2, 0.25) is 0 Å². The van der Waals surface area contributed by atoms with E-state index in [-0.39, 0.29) is 31.1 Å². The number of esters is 3. The maximum Gasteiger partial charge on any atom is 0.306 e. The van der Waals surface area contributed by atoms with Crippen LogP contribution in [-0.4, -0.2) is 37.2 Å². The third kappa shape index (κ3) is 41.6. The van der Waals surface area contributed by atoms with Gasteiger partial charge in [-0.15, -0.1) is 0 Å². The average Bonchev–Trinajstić information content (AvgIpc) is 3.15. The Hall–Kier alpha value is -1.59. The van der Waals surface area contributed by atoms with Crippen molar-refractivity contribution in [1.29, 1.82) is 0 Å². The molecular formula is C48H92O6. The van der Waals surface area contributed by atoms with Crippen LogP contribution in [-0.2, 0) is 28.6 Å². The molecule has 0 aliphatic heterocycles. The molecule has 0 N–H and O–H groups in total. The molecule has 0 saturated carbocycles. The first-order chi connectivity index (χ1) is 26.4. The summed E-state index contributed by atoms with van der Waals surface area (Å²) >= 11 is 0. The van der Waals surface area contributed by atoms with Crippen molar-refractivity contribution in [1.82, 2.24) is 0 Å². The quantitative estimate of drug-likeness (QED) is 0.0349. The van der Waals surface area contributed by atoms with Crippen LogP contribution >= 0.6 is 0 Å². The molecule has 0 aromatic heterocycles. The lowest BCUT2D eigenvalue weighted by Crippen LogP contribution is -2.30. The first kappa shape index (κ1) is 52.4. The monoisotopic (exact) mass is 765 g/mol. The van der Waals surface area contributed by atoms with Crippen molar-refractivity contribution in [3.05, 3.63) is 0 Å². The Kier molecular flexibility index (Phi) is 41.3. The van der Waals surface area contributed by atoms with E-state index in [2.05, 4.69) is 27.7 Å². The molecular weight excluding hydrogens is 673 g/mol. The van der Waals surface area contributed by atoms with Gasteiger partial charge in [-0.3, -0.25) is 14.4 Å². The van der Waals surface area contributed by atoms with Crippen LogP contribution in [0.15, 0.2) is 0 Å². The Balaban J connectivity index is 4.16. The molecule has 0 aromatic carbocycles. The molecule has 0 saturated heterocycles. The minimum absolute atomic E-state index is 0.0639. The lowest BCUT2D eigenvalue weighted by Gasteiger charge is -2.18. The molecule has 0 aromatic rings. The highest BCUT2D eigenvalue weighted by atomic mass is 16.6. The molecule has 0 rings (SSSR count). The van der Waals surface area contributed by atoms with Crippen molar-refractivity contribution in [2.75, 3.05) is 13.2 Å². The SMILES string of the molecule is CCCCCCCCCCCCCC(=O)OC[C@@H](COC(=O)CCCCCCCCCCCCCCCCCC(C)C)OC(=O)CCCCCCCCC. The summed E-state index contributed by atoms with van der Waals surface area (Å²) in [6, 6.07) is 0. The molecule has 0 heterocycles. The summed E-state index contributed by atoms with van der Waals surface area (Å²) in [5.74, 6) is -0.00879. The highest BCUT2D eigenvalue weighted by Crippen LogP contribution is 2.16. The zero-order chi connectivity index (χ0) is 39.6. The molecule has 0 unspecified atom stereocenters. The second-order valence-electron chi connectivity index (χ2n) is 16.9. The van der Waals surface area contributed by atoms with Gasteiger partial charge in [0.25, 0.3) is 0 Å². The van der Waals surface area contributed by atoms with Gasteiger partial charge in [-0.25, -0.2) is 0 Å². The van der Waals surface area contributed by atoms with E-state index >= 15 is 0 Å². The Morgan fingerprint density at radius 1 is 0.352 bits per heavy atom. The Morgan fingerprint density at radius 3 is 0.907 bits per heavy atom. The molecule has 0 amide bonds. The minimum atomic E-state index is -0.758. The fourth-order valence-electron chi connectivity index (χ4n) is 7.16. The summed E-state index contributed by atoms with van der Waals surface area (Å²) in [6.45, 7) is 8.97. The topological polar surface area (TPSA) is 78.9 Å². The van der Waals surface area contributed by atoms with Crippen LogP contribution in [0.25, 0.3) is 0 Å². The van der Waals surface area contributed by atoms with Crippen molar-refractivity contribution >= 4 is 17.9 Å². The van der Waals surface area contributed by atoms with Gasteiger partial charge in [0.05, 0.1) is 0 Å². The normalized spacial score (nSPS) is 11.9. The smallest absolute Gasteiger partial charge is 0.306 e. The van der Waals surface area contributed by atoms with Crippen LogP contribution in [0.5, 0.6) is 0 Å². The predicted molar refractivity (Wildman–Crippen MR) is 229 cm³/mol. The average molecular weight is 765 g/mol. The number of hydrogen-bond donors (Lipinski definition) is 0. The van der Waals surface area contributed by atoms with Crippen molar-refractivity contribution in [2.45, 2.75) is 271 Å². The number of unbranched alkanes of at least 4 members (excludes halogenated alkanes) is 30. The molecule has 0 aliphatic carbocycles. The predicted octanol–water partition coefficient (Wildman–Crippen LogP) is 15.1. The molecule has 6 nitrogen and oxygen atoms in total. The molecule has 0 radical (unpaired) electrons. The van der Waals surface area contributed by atoms with Crippen molar-refractivity contribution in [2.24, 2.45) is 5.92 Å². The number of rotatable bonds is 43. The largest absolute Gasteiger partial charge is 0.462 e. The zero-order valence-corrected chi connectivity index (χ0v) is 36.7. The van der Waals surface area contributed by atoms with Crippen LogP contribution < -0.4 is 0 Å². The minimum Gasteiger partial charge on any atom is -0.462 e. The third-order valence-corrected chi connectivity index (χ3v) is 10.8. The Morgan fingerprint density at radius 2 is 0.611 bits per heavy atom. The Bertz CT molecular complexity index is 811. The third-order valence-electron chi connectivity index (χ3n) is 10.8. The molecule has 0 spiro atoms. The highest BCUT2D eigenvalue weighted by Gasteiger charge is 2.19. The van der Waals surface area contributed by atoms with Gasteiger partial charge in [-0.2, -0.15) is 0 Å². The summed E-state index contributed by atoms with van der Waals surface area (Å²) in [5.41, 5.74) is 0. The van der Waals surface area contributed by atoms with E-state index in [1.165, 1.54) is 161 Å². The number of carbonyl (C=O) groups excluding carboxylic acids is 3. The molecule has 0 aliphatic rings. The number of hydrogen-bond acceptors (Lipinski definition) is 6. The number of carbonyl (C=O) groups is 3. The van der Waals surface area contributed by atoms with Gasteiger partial charge in [0.2, 0.25) is 0 Å². The number of ether oxygens (including phenoxy) is 3. The van der Waals surface area contributed by atoms with Gasteiger partial charge in [0.15, 0.2) is 6.10 Å². The molecule has 54 heavy (non-hydrogen) atoms. The molecule has 6 heteroatoms. The van der Waals surface area contributed by atoms with Crippen LogP contribution in [0.3, 0.4) is 0 Å². The van der Waals surface area contributed by atoms with E-state index in [9.17, 15) is 14.4 Å².